The van der Waals surface area contributed by atoms with Crippen molar-refractivity contribution in [2.45, 2.75) is 25.3 Å². The number of nitrogens with one attached hydrogen (secondary N) is 1. The fourth-order valence-electron chi connectivity index (χ4n) is 1.87. The molecule has 1 N–H and O–H groups in total. The summed E-state index contributed by atoms with van der Waals surface area (Å²) in [6.45, 7) is 1.13. The van der Waals surface area contributed by atoms with Crippen LogP contribution in [0.4, 0.5) is 0 Å². The molecular formula is C11H14BrCl2N. The molecule has 0 spiro atoms. The van der Waals surface area contributed by atoms with Gasteiger partial charge in [0.15, 0.2) is 0 Å². The van der Waals surface area contributed by atoms with Crippen LogP contribution in [0.3, 0.4) is 0 Å². The maximum Gasteiger partial charge on any atom is 0.0548 e. The second-order valence-electron chi connectivity index (χ2n) is 3.68. The van der Waals surface area contributed by atoms with Crippen molar-refractivity contribution >= 4 is 39.9 Å². The molecule has 2 rings (SSSR count). The second kappa shape index (κ2) is 6.09. The Hall–Kier alpha value is 0.240. The van der Waals surface area contributed by atoms with Gasteiger partial charge in [0.05, 0.1) is 5.02 Å². The predicted octanol–water partition coefficient (Wildman–Crippen LogP) is 4.34. The molecule has 1 aromatic carbocycles. The Morgan fingerprint density at radius 2 is 2.13 bits per heavy atom. The van der Waals surface area contributed by atoms with Crippen LogP contribution >= 0.6 is 39.9 Å². The highest BCUT2D eigenvalue weighted by molar-refractivity contribution is 9.10. The molecule has 1 saturated heterocycles. The van der Waals surface area contributed by atoms with Crippen LogP contribution in [0.15, 0.2) is 22.7 Å². The smallest absolute Gasteiger partial charge is 0.0548 e. The van der Waals surface area contributed by atoms with E-state index in [2.05, 4.69) is 33.4 Å². The summed E-state index contributed by atoms with van der Waals surface area (Å²) in [5, 5.41) is 4.30. The summed E-state index contributed by atoms with van der Waals surface area (Å²) in [6.07, 6.45) is 3.84. The number of rotatable bonds is 1. The minimum atomic E-state index is 0. The maximum atomic E-state index is 5.95. The molecule has 1 atom stereocenters. The van der Waals surface area contributed by atoms with Gasteiger partial charge in [-0.2, -0.15) is 0 Å². The summed E-state index contributed by atoms with van der Waals surface area (Å²) < 4.78 is 0.990. The quantitative estimate of drug-likeness (QED) is 0.813. The Morgan fingerprint density at radius 1 is 1.33 bits per heavy atom. The van der Waals surface area contributed by atoms with E-state index in [0.29, 0.717) is 6.04 Å². The highest BCUT2D eigenvalue weighted by Crippen LogP contribution is 2.29. The molecular weight excluding hydrogens is 297 g/mol. The summed E-state index contributed by atoms with van der Waals surface area (Å²) in [6, 6.07) is 6.69. The molecule has 1 fully saturated rings. The van der Waals surface area contributed by atoms with Gasteiger partial charge >= 0.3 is 0 Å². The van der Waals surface area contributed by atoms with Gasteiger partial charge in [0.2, 0.25) is 0 Å². The third kappa shape index (κ3) is 3.35. The average Bonchev–Trinajstić information content (AvgIpc) is 2.23. The topological polar surface area (TPSA) is 12.0 Å². The van der Waals surface area contributed by atoms with Crippen molar-refractivity contribution in [2.75, 3.05) is 6.54 Å². The van der Waals surface area contributed by atoms with E-state index in [1.54, 1.807) is 0 Å². The molecule has 1 aliphatic rings. The van der Waals surface area contributed by atoms with E-state index in [1.807, 2.05) is 6.07 Å². The Kier molecular flexibility index (Phi) is 5.41. The molecule has 0 bridgehead atoms. The fourth-order valence-corrected chi connectivity index (χ4v) is 2.38. The van der Waals surface area contributed by atoms with Crippen LogP contribution in [0.2, 0.25) is 5.02 Å². The number of hydrogen-bond donors (Lipinski definition) is 1. The Morgan fingerprint density at radius 3 is 2.73 bits per heavy atom. The van der Waals surface area contributed by atoms with Gasteiger partial charge in [-0.15, -0.1) is 12.4 Å². The van der Waals surface area contributed by atoms with E-state index in [9.17, 15) is 0 Å². The zero-order valence-electron chi connectivity index (χ0n) is 8.30. The van der Waals surface area contributed by atoms with Crippen molar-refractivity contribution in [3.05, 3.63) is 33.3 Å². The first-order chi connectivity index (χ1) is 6.77. The van der Waals surface area contributed by atoms with Crippen molar-refractivity contribution in [3.8, 4) is 0 Å². The van der Waals surface area contributed by atoms with Crippen LogP contribution in [0.1, 0.15) is 30.9 Å². The summed E-state index contributed by atoms with van der Waals surface area (Å²) in [7, 11) is 0. The van der Waals surface area contributed by atoms with Gasteiger partial charge in [0.1, 0.15) is 0 Å². The zero-order valence-corrected chi connectivity index (χ0v) is 11.5. The number of hydrogen-bond acceptors (Lipinski definition) is 1. The molecule has 1 aliphatic heterocycles. The molecule has 0 saturated carbocycles. The Labute approximate surface area is 110 Å². The lowest BCUT2D eigenvalue weighted by atomic mass is 9.98. The standard InChI is InChI=1S/C11H13BrClN.ClH/c12-9-7-8(4-5-10(9)13)11-3-1-2-6-14-11;/h4-5,7,11,14H,1-3,6H2;1H/t11-;/m0./s1. The number of benzene rings is 1. The van der Waals surface area contributed by atoms with Crippen molar-refractivity contribution in [2.24, 2.45) is 0 Å². The van der Waals surface area contributed by atoms with Crippen LogP contribution in [0.5, 0.6) is 0 Å². The summed E-state index contributed by atoms with van der Waals surface area (Å²) >= 11 is 9.41. The molecule has 1 heterocycles. The first-order valence-corrected chi connectivity index (χ1v) is 6.13. The summed E-state index contributed by atoms with van der Waals surface area (Å²) in [5.74, 6) is 0. The van der Waals surface area contributed by atoms with Crippen LogP contribution in [0, 0.1) is 0 Å². The van der Waals surface area contributed by atoms with Crippen LogP contribution in [-0.4, -0.2) is 6.54 Å². The average molecular weight is 311 g/mol. The number of piperidine rings is 1. The van der Waals surface area contributed by atoms with Crippen LogP contribution in [0.25, 0.3) is 0 Å². The number of halogens is 3. The molecule has 15 heavy (non-hydrogen) atoms. The van der Waals surface area contributed by atoms with E-state index < -0.39 is 0 Å². The van der Waals surface area contributed by atoms with Gasteiger partial charge in [-0.3, -0.25) is 0 Å². The third-order valence-electron chi connectivity index (χ3n) is 2.66. The van der Waals surface area contributed by atoms with Gasteiger partial charge in [0.25, 0.3) is 0 Å². The van der Waals surface area contributed by atoms with Crippen molar-refractivity contribution in [3.63, 3.8) is 0 Å². The molecule has 4 heteroatoms. The summed E-state index contributed by atoms with van der Waals surface area (Å²) in [5.41, 5.74) is 1.33. The van der Waals surface area contributed by atoms with Crippen molar-refractivity contribution in [1.29, 1.82) is 0 Å². The molecule has 0 radical (unpaired) electrons. The first-order valence-electron chi connectivity index (χ1n) is 4.96. The van der Waals surface area contributed by atoms with Gasteiger partial charge in [-0.25, -0.2) is 0 Å². The Balaban J connectivity index is 0.00000112. The lowest BCUT2D eigenvalue weighted by Crippen LogP contribution is -2.26. The molecule has 1 nitrogen and oxygen atoms in total. The van der Waals surface area contributed by atoms with E-state index in [4.69, 9.17) is 11.6 Å². The summed E-state index contributed by atoms with van der Waals surface area (Å²) in [4.78, 5) is 0. The Bertz CT molecular complexity index is 324. The van der Waals surface area contributed by atoms with E-state index in [1.165, 1.54) is 24.8 Å². The van der Waals surface area contributed by atoms with E-state index >= 15 is 0 Å². The molecule has 84 valence electrons. The lowest BCUT2D eigenvalue weighted by molar-refractivity contribution is 0.412. The minimum Gasteiger partial charge on any atom is -0.310 e. The van der Waals surface area contributed by atoms with E-state index in [-0.39, 0.29) is 12.4 Å². The van der Waals surface area contributed by atoms with Crippen molar-refractivity contribution < 1.29 is 0 Å². The van der Waals surface area contributed by atoms with Gasteiger partial charge in [-0.05, 0) is 53.0 Å². The molecule has 0 aromatic heterocycles. The first kappa shape index (κ1) is 13.3. The molecule has 1 aromatic rings. The van der Waals surface area contributed by atoms with Crippen molar-refractivity contribution in [1.82, 2.24) is 5.32 Å². The lowest BCUT2D eigenvalue weighted by Gasteiger charge is -2.24. The van der Waals surface area contributed by atoms with Gasteiger partial charge in [0, 0.05) is 10.5 Å². The largest absolute Gasteiger partial charge is 0.310 e. The molecule has 0 unspecified atom stereocenters. The highest BCUT2D eigenvalue weighted by Gasteiger charge is 2.14. The van der Waals surface area contributed by atoms with Gasteiger partial charge in [-0.1, -0.05) is 24.1 Å². The maximum absolute atomic E-state index is 5.95. The molecule has 0 amide bonds. The van der Waals surface area contributed by atoms with Crippen LogP contribution < -0.4 is 5.32 Å². The normalized spacial score (nSPS) is 20.8. The molecule has 0 aliphatic carbocycles. The van der Waals surface area contributed by atoms with Crippen LogP contribution in [-0.2, 0) is 0 Å². The fraction of sp³-hybridized carbons (Fsp3) is 0.455. The predicted molar refractivity (Wildman–Crippen MR) is 71.0 cm³/mol. The van der Waals surface area contributed by atoms with Gasteiger partial charge < -0.3 is 5.32 Å². The third-order valence-corrected chi connectivity index (χ3v) is 3.87. The van der Waals surface area contributed by atoms with E-state index in [0.717, 1.165) is 16.0 Å². The SMILES string of the molecule is Cl.Clc1ccc([C@@H]2CCCCN2)cc1Br. The monoisotopic (exact) mass is 309 g/mol. The second-order valence-corrected chi connectivity index (χ2v) is 4.94. The minimum absolute atomic E-state index is 0. The zero-order chi connectivity index (χ0) is 9.97. The highest BCUT2D eigenvalue weighted by atomic mass is 79.9.